The Labute approximate surface area is 112 Å². The first-order valence-electron chi connectivity index (χ1n) is 6.32. The van der Waals surface area contributed by atoms with E-state index in [0.29, 0.717) is 6.42 Å². The molecular formula is C15H19NO3. The summed E-state index contributed by atoms with van der Waals surface area (Å²) >= 11 is 0. The molecule has 0 unspecified atom stereocenters. The number of hydrogen-bond donors (Lipinski definition) is 2. The summed E-state index contributed by atoms with van der Waals surface area (Å²) in [5.41, 5.74) is 1.61. The van der Waals surface area contributed by atoms with Gasteiger partial charge in [-0.05, 0) is 44.4 Å². The van der Waals surface area contributed by atoms with Crippen LogP contribution >= 0.6 is 0 Å². The third kappa shape index (κ3) is 2.96. The van der Waals surface area contributed by atoms with E-state index in [1.165, 1.54) is 0 Å². The second kappa shape index (κ2) is 4.70. The number of aromatic nitrogens is 1. The molecule has 0 amide bonds. The molecule has 0 fully saturated rings. The van der Waals surface area contributed by atoms with E-state index in [9.17, 15) is 9.90 Å². The summed E-state index contributed by atoms with van der Waals surface area (Å²) in [5.74, 6) is -0.920. The van der Waals surface area contributed by atoms with E-state index < -0.39 is 11.6 Å². The largest absolute Gasteiger partial charge is 0.477 e. The summed E-state index contributed by atoms with van der Waals surface area (Å²) in [7, 11) is 1.76. The first-order valence-corrected chi connectivity index (χ1v) is 6.32. The van der Waals surface area contributed by atoms with Gasteiger partial charge in [-0.1, -0.05) is 12.1 Å². The van der Waals surface area contributed by atoms with Gasteiger partial charge < -0.3 is 14.8 Å². The monoisotopic (exact) mass is 261 g/mol. The van der Waals surface area contributed by atoms with Crippen molar-refractivity contribution in [1.82, 2.24) is 4.57 Å². The number of fused-ring (bicyclic) bond motifs is 1. The van der Waals surface area contributed by atoms with E-state index in [1.54, 1.807) is 31.5 Å². The molecule has 0 aliphatic heterocycles. The van der Waals surface area contributed by atoms with Gasteiger partial charge in [0.15, 0.2) is 0 Å². The summed E-state index contributed by atoms with van der Waals surface area (Å²) in [6.07, 6.45) is 1.45. The average molecular weight is 261 g/mol. The third-order valence-corrected chi connectivity index (χ3v) is 3.35. The van der Waals surface area contributed by atoms with Crippen molar-refractivity contribution < 1.29 is 15.0 Å². The van der Waals surface area contributed by atoms with Crippen molar-refractivity contribution in [2.45, 2.75) is 32.3 Å². The number of hydrogen-bond acceptors (Lipinski definition) is 2. The molecule has 0 saturated heterocycles. The highest BCUT2D eigenvalue weighted by atomic mass is 16.4. The normalized spacial score (nSPS) is 12.0. The van der Waals surface area contributed by atoms with E-state index in [2.05, 4.69) is 0 Å². The summed E-state index contributed by atoms with van der Waals surface area (Å²) in [5, 5.41) is 19.8. The van der Waals surface area contributed by atoms with Gasteiger partial charge in [0.2, 0.25) is 0 Å². The lowest BCUT2D eigenvalue weighted by Crippen LogP contribution is -2.19. The van der Waals surface area contributed by atoms with Crippen molar-refractivity contribution in [3.8, 4) is 0 Å². The van der Waals surface area contributed by atoms with Gasteiger partial charge in [0.1, 0.15) is 5.69 Å². The molecule has 2 rings (SSSR count). The molecule has 0 spiro atoms. The van der Waals surface area contributed by atoms with Crippen LogP contribution in [-0.2, 0) is 13.5 Å². The van der Waals surface area contributed by atoms with Crippen molar-refractivity contribution in [3.05, 3.63) is 35.5 Å². The number of aromatic carboxylic acids is 1. The maximum atomic E-state index is 11.1. The van der Waals surface area contributed by atoms with Crippen LogP contribution in [0, 0.1) is 0 Å². The van der Waals surface area contributed by atoms with Crippen LogP contribution in [0.2, 0.25) is 0 Å². The van der Waals surface area contributed by atoms with Crippen LogP contribution in [0.15, 0.2) is 24.3 Å². The minimum atomic E-state index is -0.920. The van der Waals surface area contributed by atoms with E-state index in [0.717, 1.165) is 22.9 Å². The van der Waals surface area contributed by atoms with Gasteiger partial charge in [0.05, 0.1) is 5.60 Å². The zero-order chi connectivity index (χ0) is 14.2. The summed E-state index contributed by atoms with van der Waals surface area (Å²) in [6, 6.07) is 7.59. The molecule has 0 aliphatic carbocycles. The number of benzene rings is 1. The fraction of sp³-hybridized carbons (Fsp3) is 0.400. The Balaban J connectivity index is 2.35. The standard InChI is InChI=1S/C15H19NO3/c1-15(2,19)7-6-10-4-5-11-9-13(14(17)18)16(3)12(11)8-10/h4-5,8-9,19H,6-7H2,1-3H3,(H,17,18). The van der Waals surface area contributed by atoms with E-state index >= 15 is 0 Å². The van der Waals surface area contributed by atoms with Crippen LogP contribution in [0.4, 0.5) is 0 Å². The van der Waals surface area contributed by atoms with E-state index in [-0.39, 0.29) is 5.69 Å². The molecule has 0 aliphatic rings. The minimum absolute atomic E-state index is 0.287. The smallest absolute Gasteiger partial charge is 0.352 e. The number of carbonyl (C=O) groups is 1. The molecule has 0 radical (unpaired) electrons. The Bertz CT molecular complexity index is 620. The molecule has 1 heterocycles. The number of carboxylic acid groups (broad SMARTS) is 1. The molecule has 2 N–H and O–H groups in total. The van der Waals surface area contributed by atoms with Gasteiger partial charge in [0, 0.05) is 18.0 Å². The van der Waals surface area contributed by atoms with Gasteiger partial charge in [0.25, 0.3) is 0 Å². The Morgan fingerprint density at radius 1 is 1.32 bits per heavy atom. The molecule has 4 nitrogen and oxygen atoms in total. The third-order valence-electron chi connectivity index (χ3n) is 3.35. The fourth-order valence-corrected chi connectivity index (χ4v) is 2.19. The summed E-state index contributed by atoms with van der Waals surface area (Å²) in [4.78, 5) is 11.1. The first-order chi connectivity index (χ1) is 8.78. The molecule has 102 valence electrons. The molecular weight excluding hydrogens is 242 g/mol. The number of nitrogens with zero attached hydrogens (tertiary/aromatic N) is 1. The zero-order valence-electron chi connectivity index (χ0n) is 11.5. The highest BCUT2D eigenvalue weighted by Crippen LogP contribution is 2.22. The molecule has 0 bridgehead atoms. The predicted molar refractivity (Wildman–Crippen MR) is 74.5 cm³/mol. The van der Waals surface area contributed by atoms with Crippen molar-refractivity contribution in [1.29, 1.82) is 0 Å². The van der Waals surface area contributed by atoms with Crippen LogP contribution in [-0.4, -0.2) is 26.4 Å². The zero-order valence-corrected chi connectivity index (χ0v) is 11.5. The average Bonchev–Trinajstić information content (AvgIpc) is 2.63. The predicted octanol–water partition coefficient (Wildman–Crippen LogP) is 2.58. The lowest BCUT2D eigenvalue weighted by molar-refractivity contribution is 0.0685. The Morgan fingerprint density at radius 3 is 2.58 bits per heavy atom. The number of carboxylic acids is 1. The van der Waals surface area contributed by atoms with E-state index in [4.69, 9.17) is 5.11 Å². The van der Waals surface area contributed by atoms with Crippen LogP contribution in [0.3, 0.4) is 0 Å². The van der Waals surface area contributed by atoms with Crippen molar-refractivity contribution in [3.63, 3.8) is 0 Å². The molecule has 0 saturated carbocycles. The maximum Gasteiger partial charge on any atom is 0.352 e. The van der Waals surface area contributed by atoms with Crippen molar-refractivity contribution in [2.75, 3.05) is 0 Å². The van der Waals surface area contributed by atoms with Crippen LogP contribution in [0.1, 0.15) is 36.3 Å². The van der Waals surface area contributed by atoms with Gasteiger partial charge in [-0.3, -0.25) is 0 Å². The Kier molecular flexibility index (Phi) is 3.37. The van der Waals surface area contributed by atoms with Crippen molar-refractivity contribution in [2.24, 2.45) is 7.05 Å². The van der Waals surface area contributed by atoms with Gasteiger partial charge >= 0.3 is 5.97 Å². The molecule has 4 heteroatoms. The molecule has 0 atom stereocenters. The van der Waals surface area contributed by atoms with Gasteiger partial charge in [-0.25, -0.2) is 4.79 Å². The lowest BCUT2D eigenvalue weighted by atomic mass is 9.98. The van der Waals surface area contributed by atoms with Gasteiger partial charge in [-0.2, -0.15) is 0 Å². The second-order valence-corrected chi connectivity index (χ2v) is 5.60. The molecule has 19 heavy (non-hydrogen) atoms. The van der Waals surface area contributed by atoms with Crippen LogP contribution < -0.4 is 0 Å². The quantitative estimate of drug-likeness (QED) is 0.889. The maximum absolute atomic E-state index is 11.1. The van der Waals surface area contributed by atoms with Gasteiger partial charge in [-0.15, -0.1) is 0 Å². The molecule has 1 aromatic heterocycles. The van der Waals surface area contributed by atoms with Crippen molar-refractivity contribution >= 4 is 16.9 Å². The summed E-state index contributed by atoms with van der Waals surface area (Å²) in [6.45, 7) is 3.58. The lowest BCUT2D eigenvalue weighted by Gasteiger charge is -2.16. The topological polar surface area (TPSA) is 62.5 Å². The number of aryl methyl sites for hydroxylation is 2. The second-order valence-electron chi connectivity index (χ2n) is 5.60. The molecule has 2 aromatic rings. The minimum Gasteiger partial charge on any atom is -0.477 e. The first kappa shape index (κ1) is 13.6. The molecule has 1 aromatic carbocycles. The summed E-state index contributed by atoms with van der Waals surface area (Å²) < 4.78 is 1.69. The number of aliphatic hydroxyl groups is 1. The highest BCUT2D eigenvalue weighted by molar-refractivity contribution is 5.94. The fourth-order valence-electron chi connectivity index (χ4n) is 2.19. The van der Waals surface area contributed by atoms with Crippen LogP contribution in [0.25, 0.3) is 10.9 Å². The Morgan fingerprint density at radius 2 is 2.00 bits per heavy atom. The Hall–Kier alpha value is -1.81. The SMILES string of the molecule is Cn1c(C(=O)O)cc2ccc(CCC(C)(C)O)cc21. The highest BCUT2D eigenvalue weighted by Gasteiger charge is 2.14. The van der Waals surface area contributed by atoms with E-state index in [1.807, 2.05) is 18.2 Å². The van der Waals surface area contributed by atoms with Crippen LogP contribution in [0.5, 0.6) is 0 Å². The number of rotatable bonds is 4.